The summed E-state index contributed by atoms with van der Waals surface area (Å²) in [5.74, 6) is -1.77. The Morgan fingerprint density at radius 3 is 2.37 bits per heavy atom. The van der Waals surface area contributed by atoms with Gasteiger partial charge in [-0.25, -0.2) is 0 Å². The fourth-order valence-electron chi connectivity index (χ4n) is 2.39. The van der Waals surface area contributed by atoms with Crippen LogP contribution in [0.5, 0.6) is 11.5 Å². The lowest BCUT2D eigenvalue weighted by Crippen LogP contribution is -2.27. The van der Waals surface area contributed by atoms with Gasteiger partial charge in [0.1, 0.15) is 11.3 Å². The smallest absolute Gasteiger partial charge is 0.422 e. The predicted molar refractivity (Wildman–Crippen MR) is 83.5 cm³/mol. The van der Waals surface area contributed by atoms with Crippen LogP contribution in [0.3, 0.4) is 0 Å². The van der Waals surface area contributed by atoms with Crippen molar-refractivity contribution in [2.24, 2.45) is 0 Å². The summed E-state index contributed by atoms with van der Waals surface area (Å²) >= 11 is 0. The highest BCUT2D eigenvalue weighted by molar-refractivity contribution is 5.74. The van der Waals surface area contributed by atoms with Gasteiger partial charge in [-0.05, 0) is 23.8 Å². The molecule has 0 saturated heterocycles. The van der Waals surface area contributed by atoms with Crippen LogP contribution in [0.15, 0.2) is 47.3 Å². The maximum atomic E-state index is 12.8. The molecule has 0 spiro atoms. The van der Waals surface area contributed by atoms with Crippen molar-refractivity contribution in [1.82, 2.24) is 0 Å². The number of nitro benzene ring substituents is 1. The summed E-state index contributed by atoms with van der Waals surface area (Å²) in [6, 6.07) is 3.94. The van der Waals surface area contributed by atoms with E-state index in [2.05, 4.69) is 0 Å². The number of phenolic OH excluding ortho intramolecular Hbond substituents is 2. The van der Waals surface area contributed by atoms with Crippen molar-refractivity contribution < 1.29 is 37.5 Å². The zero-order chi connectivity index (χ0) is 19.9. The van der Waals surface area contributed by atoms with Crippen molar-refractivity contribution >= 4 is 5.69 Å². The Kier molecular flexibility index (Phi) is 4.14. The lowest BCUT2D eigenvalue weighted by molar-refractivity contribution is -0.606. The van der Waals surface area contributed by atoms with Crippen LogP contribution in [0.2, 0.25) is 0 Å². The molecule has 0 aliphatic carbocycles. The van der Waals surface area contributed by atoms with Gasteiger partial charge in [0.25, 0.3) is 0 Å². The molecular formula is C16H9F3N2O6. The second-order valence-corrected chi connectivity index (χ2v) is 5.49. The first kappa shape index (κ1) is 18.0. The normalized spacial score (nSPS) is 11.5. The molecule has 0 amide bonds. The van der Waals surface area contributed by atoms with Crippen LogP contribution in [-0.4, -0.2) is 15.1 Å². The summed E-state index contributed by atoms with van der Waals surface area (Å²) in [4.78, 5) is 10.0. The Balaban J connectivity index is 2.06. The van der Waals surface area contributed by atoms with Gasteiger partial charge in [0, 0.05) is 11.6 Å². The van der Waals surface area contributed by atoms with Gasteiger partial charge in [-0.2, -0.15) is 17.9 Å². The molecule has 3 aromatic rings. The van der Waals surface area contributed by atoms with Crippen LogP contribution in [0, 0.1) is 15.3 Å². The maximum absolute atomic E-state index is 12.8. The van der Waals surface area contributed by atoms with E-state index in [0.29, 0.717) is 12.3 Å². The van der Waals surface area contributed by atoms with E-state index in [-0.39, 0.29) is 27.2 Å². The van der Waals surface area contributed by atoms with E-state index < -0.39 is 33.8 Å². The molecule has 3 rings (SSSR count). The van der Waals surface area contributed by atoms with Crippen LogP contribution in [0.4, 0.5) is 18.9 Å². The average molecular weight is 382 g/mol. The number of hydrogen-bond donors (Lipinski definition) is 2. The van der Waals surface area contributed by atoms with Crippen LogP contribution in [-0.2, 0) is 6.18 Å². The van der Waals surface area contributed by atoms with Gasteiger partial charge in [-0.3, -0.25) is 10.1 Å². The topological polar surface area (TPSA) is 124 Å². The number of alkyl halides is 3. The van der Waals surface area contributed by atoms with Gasteiger partial charge in [-0.15, -0.1) is 0 Å². The summed E-state index contributed by atoms with van der Waals surface area (Å²) in [5, 5.41) is 41.5. The number of phenols is 2. The number of nitrogens with zero attached hydrogens (tertiary/aromatic N) is 2. The molecule has 2 N–H and O–H groups in total. The molecule has 0 fully saturated rings. The minimum absolute atomic E-state index is 0.0163. The molecule has 0 atom stereocenters. The van der Waals surface area contributed by atoms with Gasteiger partial charge >= 0.3 is 11.9 Å². The number of aromatic hydroxyl groups is 2. The van der Waals surface area contributed by atoms with Crippen molar-refractivity contribution in [1.29, 1.82) is 0 Å². The largest absolute Gasteiger partial charge is 0.619 e. The lowest BCUT2D eigenvalue weighted by Gasteiger charge is -2.07. The van der Waals surface area contributed by atoms with E-state index in [1.165, 1.54) is 6.07 Å². The molecule has 0 bridgehead atoms. The molecule has 0 aliphatic heterocycles. The molecule has 1 aromatic carbocycles. The van der Waals surface area contributed by atoms with Gasteiger partial charge in [0.2, 0.25) is 5.75 Å². The quantitative estimate of drug-likeness (QED) is 0.235. The molecular weight excluding hydrogens is 373 g/mol. The second kappa shape index (κ2) is 6.20. The highest BCUT2D eigenvalue weighted by Gasteiger charge is 2.34. The van der Waals surface area contributed by atoms with Gasteiger partial charge in [0.05, 0.1) is 16.7 Å². The molecule has 0 radical (unpaired) electrons. The number of pyridine rings is 1. The summed E-state index contributed by atoms with van der Waals surface area (Å²) in [6.07, 6.45) is -2.41. The molecule has 8 nitrogen and oxygen atoms in total. The maximum Gasteiger partial charge on any atom is 0.422 e. The SMILES string of the molecule is O=[N+]([O-])c1cc(-c2coc(-c3cc(C(F)(F)F)c[n+]([O-])c3)c2)cc(O)c1O. The minimum Gasteiger partial charge on any atom is -0.619 e. The van der Waals surface area contributed by atoms with Gasteiger partial charge in [-0.1, -0.05) is 0 Å². The summed E-state index contributed by atoms with van der Waals surface area (Å²) in [5.41, 5.74) is -1.84. The number of benzene rings is 1. The first-order valence-electron chi connectivity index (χ1n) is 7.17. The van der Waals surface area contributed by atoms with Crippen molar-refractivity contribution in [2.45, 2.75) is 6.18 Å². The third kappa shape index (κ3) is 3.47. The number of aromatic nitrogens is 1. The molecule has 0 saturated carbocycles. The van der Waals surface area contributed by atoms with Crippen molar-refractivity contribution in [2.75, 3.05) is 0 Å². The van der Waals surface area contributed by atoms with E-state index in [1.807, 2.05) is 0 Å². The number of nitro groups is 1. The highest BCUT2D eigenvalue weighted by atomic mass is 19.4. The second-order valence-electron chi connectivity index (χ2n) is 5.49. The fraction of sp³-hybridized carbons (Fsp3) is 0.0625. The Morgan fingerprint density at radius 2 is 1.74 bits per heavy atom. The zero-order valence-corrected chi connectivity index (χ0v) is 13.1. The van der Waals surface area contributed by atoms with E-state index in [4.69, 9.17) is 4.42 Å². The first-order valence-corrected chi connectivity index (χ1v) is 7.17. The first-order chi connectivity index (χ1) is 12.6. The Hall–Kier alpha value is -3.76. The number of halogens is 3. The predicted octanol–water partition coefficient (Wildman–Crippen LogP) is 3.59. The number of furan rings is 1. The molecule has 27 heavy (non-hydrogen) atoms. The van der Waals surface area contributed by atoms with Crippen LogP contribution in [0.1, 0.15) is 5.56 Å². The third-order valence-electron chi connectivity index (χ3n) is 3.65. The molecule has 2 aromatic heterocycles. The Morgan fingerprint density at radius 1 is 1.04 bits per heavy atom. The molecule has 0 unspecified atom stereocenters. The summed E-state index contributed by atoms with van der Waals surface area (Å²) < 4.78 is 43.7. The average Bonchev–Trinajstić information content (AvgIpc) is 3.05. The van der Waals surface area contributed by atoms with E-state index in [9.17, 15) is 38.7 Å². The van der Waals surface area contributed by atoms with Crippen molar-refractivity contribution in [3.05, 3.63) is 63.8 Å². The summed E-state index contributed by atoms with van der Waals surface area (Å²) in [7, 11) is 0. The van der Waals surface area contributed by atoms with E-state index in [1.54, 1.807) is 0 Å². The lowest BCUT2D eigenvalue weighted by atomic mass is 10.1. The van der Waals surface area contributed by atoms with E-state index >= 15 is 0 Å². The Labute approximate surface area is 148 Å². The van der Waals surface area contributed by atoms with Crippen molar-refractivity contribution in [3.8, 4) is 33.9 Å². The zero-order valence-electron chi connectivity index (χ0n) is 13.1. The fourth-order valence-corrected chi connectivity index (χ4v) is 2.39. The molecule has 11 heteroatoms. The molecule has 140 valence electrons. The standard InChI is InChI=1S/C16H9F3N2O6/c17-16(18,19)11-1-9(5-20(24)6-11)14-4-10(7-27-14)8-2-12(21(25)26)15(23)13(22)3-8/h1-7,22-23H. The third-order valence-corrected chi connectivity index (χ3v) is 3.65. The molecule has 0 aliphatic rings. The van der Waals surface area contributed by atoms with Gasteiger partial charge in [0.15, 0.2) is 18.1 Å². The molecule has 2 heterocycles. The van der Waals surface area contributed by atoms with Crippen LogP contribution < -0.4 is 4.73 Å². The summed E-state index contributed by atoms with van der Waals surface area (Å²) in [6.45, 7) is 0. The van der Waals surface area contributed by atoms with Crippen molar-refractivity contribution in [3.63, 3.8) is 0 Å². The minimum atomic E-state index is -4.74. The number of rotatable bonds is 3. The Bertz CT molecular complexity index is 1050. The number of hydrogen-bond acceptors (Lipinski definition) is 6. The monoisotopic (exact) mass is 382 g/mol. The van der Waals surface area contributed by atoms with Crippen LogP contribution in [0.25, 0.3) is 22.5 Å². The van der Waals surface area contributed by atoms with E-state index in [0.717, 1.165) is 24.6 Å². The highest BCUT2D eigenvalue weighted by Crippen LogP contribution is 2.40. The van der Waals surface area contributed by atoms with Crippen LogP contribution >= 0.6 is 0 Å². The van der Waals surface area contributed by atoms with Gasteiger partial charge < -0.3 is 19.8 Å².